The number of nitrogens with zero attached hydrogens (tertiary/aromatic N) is 3. The van der Waals surface area contributed by atoms with Gasteiger partial charge in [0.1, 0.15) is 5.82 Å². The minimum absolute atomic E-state index is 0.157. The summed E-state index contributed by atoms with van der Waals surface area (Å²) in [7, 11) is 1.89. The molecule has 0 aliphatic carbocycles. The van der Waals surface area contributed by atoms with Crippen molar-refractivity contribution in [3.8, 4) is 0 Å². The minimum Gasteiger partial charge on any atom is -0.341 e. The Kier molecular flexibility index (Phi) is 6.34. The molecule has 3 rings (SSSR count). The third-order valence-electron chi connectivity index (χ3n) is 5.12. The van der Waals surface area contributed by atoms with Crippen molar-refractivity contribution in [2.75, 3.05) is 20.1 Å². The van der Waals surface area contributed by atoms with Crippen molar-refractivity contribution < 1.29 is 9.18 Å². The van der Waals surface area contributed by atoms with E-state index >= 15 is 0 Å². The first-order valence-electron chi connectivity index (χ1n) is 9.24. The largest absolute Gasteiger partial charge is 0.341 e. The quantitative estimate of drug-likeness (QED) is 0.798. The lowest BCUT2D eigenvalue weighted by molar-refractivity contribution is -0.133. The van der Waals surface area contributed by atoms with Crippen LogP contribution in [0.4, 0.5) is 4.39 Å². The predicted octanol–water partition coefficient (Wildman–Crippen LogP) is 3.28. The number of rotatable bonds is 6. The highest BCUT2D eigenvalue weighted by Crippen LogP contribution is 2.19. The Hall–Kier alpha value is -2.27. The van der Waals surface area contributed by atoms with E-state index in [0.29, 0.717) is 19.4 Å². The zero-order valence-electron chi connectivity index (χ0n) is 15.3. The Morgan fingerprint density at radius 1 is 1.31 bits per heavy atom. The lowest BCUT2D eigenvalue weighted by atomic mass is 10.0. The molecular formula is C21H26FN3O. The smallest absolute Gasteiger partial charge is 0.222 e. The number of benzene rings is 1. The molecule has 1 aromatic carbocycles. The van der Waals surface area contributed by atoms with Gasteiger partial charge in [0, 0.05) is 50.6 Å². The summed E-state index contributed by atoms with van der Waals surface area (Å²) in [6, 6.07) is 11.0. The fourth-order valence-electron chi connectivity index (χ4n) is 3.54. The van der Waals surface area contributed by atoms with Crippen molar-refractivity contribution in [3.05, 3.63) is 65.7 Å². The fourth-order valence-corrected chi connectivity index (χ4v) is 3.54. The number of piperidine rings is 1. The van der Waals surface area contributed by atoms with E-state index in [0.717, 1.165) is 37.1 Å². The Morgan fingerprint density at radius 2 is 2.15 bits per heavy atom. The SMILES string of the molecule is CN(C(=O)CCc1cccnc1)[C@@H]1CCCN(Cc2ccccc2F)C1. The third kappa shape index (κ3) is 4.88. The van der Waals surface area contributed by atoms with Crippen LogP contribution in [0.2, 0.25) is 0 Å². The second kappa shape index (κ2) is 8.90. The Balaban J connectivity index is 1.53. The van der Waals surface area contributed by atoms with E-state index in [-0.39, 0.29) is 17.8 Å². The maximum Gasteiger partial charge on any atom is 0.222 e. The summed E-state index contributed by atoms with van der Waals surface area (Å²) >= 11 is 0. The number of aromatic nitrogens is 1. The molecule has 0 spiro atoms. The van der Waals surface area contributed by atoms with Gasteiger partial charge in [-0.2, -0.15) is 0 Å². The fraction of sp³-hybridized carbons (Fsp3) is 0.429. The second-order valence-corrected chi connectivity index (χ2v) is 6.99. The first kappa shape index (κ1) is 18.5. The summed E-state index contributed by atoms with van der Waals surface area (Å²) in [6.07, 6.45) is 6.78. The zero-order valence-corrected chi connectivity index (χ0v) is 15.3. The molecule has 1 aromatic heterocycles. The number of aryl methyl sites for hydroxylation is 1. The zero-order chi connectivity index (χ0) is 18.4. The van der Waals surface area contributed by atoms with Crippen molar-refractivity contribution in [3.63, 3.8) is 0 Å². The van der Waals surface area contributed by atoms with E-state index < -0.39 is 0 Å². The van der Waals surface area contributed by atoms with Crippen LogP contribution < -0.4 is 0 Å². The normalized spacial score (nSPS) is 17.8. The van der Waals surface area contributed by atoms with Crippen LogP contribution in [-0.4, -0.2) is 46.9 Å². The number of likely N-dealkylation sites (tertiary alicyclic amines) is 1. The first-order valence-corrected chi connectivity index (χ1v) is 9.24. The molecule has 1 atom stereocenters. The summed E-state index contributed by atoms with van der Waals surface area (Å²) in [6.45, 7) is 2.34. The number of carbonyl (C=O) groups is 1. The van der Waals surface area contributed by atoms with E-state index in [1.54, 1.807) is 12.3 Å². The van der Waals surface area contributed by atoms with E-state index in [2.05, 4.69) is 9.88 Å². The van der Waals surface area contributed by atoms with E-state index in [1.165, 1.54) is 6.07 Å². The number of likely N-dealkylation sites (N-methyl/N-ethyl adjacent to an activating group) is 1. The lowest BCUT2D eigenvalue weighted by Gasteiger charge is -2.37. The van der Waals surface area contributed by atoms with Gasteiger partial charge in [0.15, 0.2) is 0 Å². The molecule has 0 N–H and O–H groups in total. The molecule has 2 heterocycles. The van der Waals surface area contributed by atoms with Gasteiger partial charge in [0.2, 0.25) is 5.91 Å². The molecule has 4 nitrogen and oxygen atoms in total. The molecule has 2 aromatic rings. The second-order valence-electron chi connectivity index (χ2n) is 6.99. The van der Waals surface area contributed by atoms with E-state index in [9.17, 15) is 9.18 Å². The Morgan fingerprint density at radius 3 is 2.92 bits per heavy atom. The summed E-state index contributed by atoms with van der Waals surface area (Å²) in [5.41, 5.74) is 1.80. The van der Waals surface area contributed by atoms with Crippen molar-refractivity contribution >= 4 is 5.91 Å². The maximum absolute atomic E-state index is 13.9. The molecule has 0 saturated carbocycles. The van der Waals surface area contributed by atoms with Gasteiger partial charge in [-0.15, -0.1) is 0 Å². The summed E-state index contributed by atoms with van der Waals surface area (Å²) < 4.78 is 13.9. The lowest BCUT2D eigenvalue weighted by Crippen LogP contribution is -2.48. The molecule has 0 bridgehead atoms. The standard InChI is InChI=1S/C21H26FN3O/c1-24(21(26)11-10-17-6-4-12-23-14-17)19-8-5-13-25(16-19)15-18-7-2-3-9-20(18)22/h2-4,6-7,9,12,14,19H,5,8,10-11,13,15-16H2,1H3/t19-/m1/s1. The molecular weight excluding hydrogens is 329 g/mol. The van der Waals surface area contributed by atoms with Crippen LogP contribution >= 0.6 is 0 Å². The molecule has 138 valence electrons. The number of carbonyl (C=O) groups excluding carboxylic acids is 1. The van der Waals surface area contributed by atoms with Crippen LogP contribution in [0.1, 0.15) is 30.4 Å². The molecule has 1 fully saturated rings. The van der Waals surface area contributed by atoms with Crippen LogP contribution in [0.3, 0.4) is 0 Å². The van der Waals surface area contributed by atoms with Gasteiger partial charge in [0.25, 0.3) is 0 Å². The van der Waals surface area contributed by atoms with Crippen LogP contribution in [0, 0.1) is 5.82 Å². The van der Waals surface area contributed by atoms with Gasteiger partial charge in [0.05, 0.1) is 0 Å². The molecule has 1 saturated heterocycles. The van der Waals surface area contributed by atoms with Crippen LogP contribution in [0.25, 0.3) is 0 Å². The van der Waals surface area contributed by atoms with Crippen molar-refractivity contribution in [1.29, 1.82) is 0 Å². The van der Waals surface area contributed by atoms with Crippen LogP contribution in [0.5, 0.6) is 0 Å². The maximum atomic E-state index is 13.9. The minimum atomic E-state index is -0.157. The van der Waals surface area contributed by atoms with E-state index in [1.807, 2.05) is 42.4 Å². The molecule has 1 aliphatic heterocycles. The molecule has 1 amide bonds. The van der Waals surface area contributed by atoms with Gasteiger partial charge >= 0.3 is 0 Å². The summed E-state index contributed by atoms with van der Waals surface area (Å²) in [4.78, 5) is 20.8. The molecule has 0 radical (unpaired) electrons. The van der Waals surface area contributed by atoms with Gasteiger partial charge in [-0.3, -0.25) is 14.7 Å². The summed E-state index contributed by atoms with van der Waals surface area (Å²) in [5.74, 6) is 0.00196. The molecule has 5 heteroatoms. The van der Waals surface area contributed by atoms with Crippen LogP contribution in [0.15, 0.2) is 48.8 Å². The van der Waals surface area contributed by atoms with Crippen molar-refractivity contribution in [2.24, 2.45) is 0 Å². The van der Waals surface area contributed by atoms with Gasteiger partial charge in [-0.25, -0.2) is 4.39 Å². The van der Waals surface area contributed by atoms with Crippen molar-refractivity contribution in [1.82, 2.24) is 14.8 Å². The van der Waals surface area contributed by atoms with Crippen LogP contribution in [-0.2, 0) is 17.8 Å². The number of hydrogen-bond acceptors (Lipinski definition) is 3. The predicted molar refractivity (Wildman–Crippen MR) is 100 cm³/mol. The number of hydrogen-bond donors (Lipinski definition) is 0. The monoisotopic (exact) mass is 355 g/mol. The Bertz CT molecular complexity index is 722. The number of pyridine rings is 1. The average molecular weight is 355 g/mol. The van der Waals surface area contributed by atoms with Gasteiger partial charge in [-0.05, 0) is 43.5 Å². The number of halogens is 1. The summed E-state index contributed by atoms with van der Waals surface area (Å²) in [5, 5.41) is 0. The molecule has 1 aliphatic rings. The highest BCUT2D eigenvalue weighted by Gasteiger charge is 2.26. The van der Waals surface area contributed by atoms with Crippen molar-refractivity contribution in [2.45, 2.75) is 38.3 Å². The molecule has 0 unspecified atom stereocenters. The van der Waals surface area contributed by atoms with Gasteiger partial charge in [-0.1, -0.05) is 24.3 Å². The first-order chi connectivity index (χ1) is 12.6. The third-order valence-corrected chi connectivity index (χ3v) is 5.12. The van der Waals surface area contributed by atoms with Gasteiger partial charge < -0.3 is 4.90 Å². The van der Waals surface area contributed by atoms with E-state index in [4.69, 9.17) is 0 Å². The highest BCUT2D eigenvalue weighted by molar-refractivity contribution is 5.76. The average Bonchev–Trinajstić information content (AvgIpc) is 2.68. The Labute approximate surface area is 154 Å². The molecule has 26 heavy (non-hydrogen) atoms. The number of amides is 1. The topological polar surface area (TPSA) is 36.4 Å². The highest BCUT2D eigenvalue weighted by atomic mass is 19.1.